The molecule has 14 heteroatoms. The van der Waals surface area contributed by atoms with Crippen LogP contribution in [0.5, 0.6) is 5.75 Å². The Balaban J connectivity index is 1.74. The van der Waals surface area contributed by atoms with Gasteiger partial charge in [-0.3, -0.25) is 9.69 Å². The molecule has 8 nitrogen and oxygen atoms in total. The number of sulfone groups is 1. The maximum atomic E-state index is 13.5. The number of nitrogens with one attached hydrogen (secondary N) is 1. The molecule has 0 unspecified atom stereocenters. The number of alkyl halides is 5. The second kappa shape index (κ2) is 13.6. The molecular weight excluding hydrogens is 611 g/mol. The number of carbonyl (C=O) groups excluding carboxylic acids is 1. The number of ether oxygens (including phenoxy) is 2. The van der Waals surface area contributed by atoms with Crippen molar-refractivity contribution in [3.63, 3.8) is 0 Å². The Morgan fingerprint density at radius 2 is 1.61 bits per heavy atom. The third-order valence-electron chi connectivity index (χ3n) is 7.42. The van der Waals surface area contributed by atoms with E-state index in [2.05, 4.69) is 10.1 Å². The molecule has 0 aliphatic carbocycles. The van der Waals surface area contributed by atoms with Crippen LogP contribution < -0.4 is 10.1 Å². The highest BCUT2D eigenvalue weighted by Gasteiger charge is 2.49. The summed E-state index contributed by atoms with van der Waals surface area (Å²) in [5, 5.41) is 13.7. The molecular formula is C30H31F5N2O6S. The maximum absolute atomic E-state index is 13.5. The van der Waals surface area contributed by atoms with Crippen LogP contribution in [0.15, 0.2) is 83.8 Å². The molecule has 2 N–H and O–H groups in total. The fourth-order valence-electron chi connectivity index (χ4n) is 5.17. The quantitative estimate of drug-likeness (QED) is 0.273. The lowest BCUT2D eigenvalue weighted by Crippen LogP contribution is -2.62. The van der Waals surface area contributed by atoms with E-state index < -0.39 is 65.1 Å². The Bertz CT molecular complexity index is 1510. The SMILES string of the molecule is CCS(=O)(=O)c1ccc([C@](CO)(NC(=O)c2ccccc2)N2C[C@@H](Oc3ccc(C(F)(F)F)cc3)C[C@H]2COC(F)F)cc1. The molecule has 3 atom stereocenters. The van der Waals surface area contributed by atoms with Crippen molar-refractivity contribution in [1.82, 2.24) is 10.2 Å². The normalized spacial score (nSPS) is 19.1. The van der Waals surface area contributed by atoms with Crippen LogP contribution in [0, 0.1) is 0 Å². The van der Waals surface area contributed by atoms with E-state index in [1.807, 2.05) is 0 Å². The summed E-state index contributed by atoms with van der Waals surface area (Å²) in [5.74, 6) is -0.689. The zero-order chi connectivity index (χ0) is 32.1. The van der Waals surface area contributed by atoms with E-state index in [9.17, 15) is 40.3 Å². The lowest BCUT2D eigenvalue weighted by molar-refractivity contribution is -0.147. The second-order valence-electron chi connectivity index (χ2n) is 10.2. The molecule has 238 valence electrons. The zero-order valence-corrected chi connectivity index (χ0v) is 24.3. The minimum absolute atomic E-state index is 0.00694. The number of hydrogen-bond donors (Lipinski definition) is 2. The predicted octanol–water partition coefficient (Wildman–Crippen LogP) is 4.84. The molecule has 1 aliphatic heterocycles. The fraction of sp³-hybridized carbons (Fsp3) is 0.367. The number of carbonyl (C=O) groups is 1. The van der Waals surface area contributed by atoms with E-state index in [1.165, 1.54) is 48.2 Å². The number of likely N-dealkylation sites (tertiary alicyclic amines) is 1. The molecule has 0 aromatic heterocycles. The van der Waals surface area contributed by atoms with Gasteiger partial charge in [0.05, 0.1) is 29.4 Å². The van der Waals surface area contributed by atoms with Crippen molar-refractivity contribution < 1.29 is 49.7 Å². The zero-order valence-electron chi connectivity index (χ0n) is 23.5. The predicted molar refractivity (Wildman–Crippen MR) is 150 cm³/mol. The van der Waals surface area contributed by atoms with Crippen molar-refractivity contribution in [1.29, 1.82) is 0 Å². The molecule has 1 fully saturated rings. The molecule has 0 spiro atoms. The van der Waals surface area contributed by atoms with Gasteiger partial charge in [-0.1, -0.05) is 37.3 Å². The number of amides is 1. The molecule has 3 aromatic rings. The topological polar surface area (TPSA) is 105 Å². The number of aliphatic hydroxyl groups excluding tert-OH is 1. The summed E-state index contributed by atoms with van der Waals surface area (Å²) in [7, 11) is -3.59. The van der Waals surface area contributed by atoms with Gasteiger partial charge in [0.15, 0.2) is 9.84 Å². The van der Waals surface area contributed by atoms with Crippen LogP contribution in [0.3, 0.4) is 0 Å². The lowest BCUT2D eigenvalue weighted by Gasteiger charge is -2.44. The number of aliphatic hydroxyl groups is 1. The van der Waals surface area contributed by atoms with E-state index >= 15 is 0 Å². The highest BCUT2D eigenvalue weighted by molar-refractivity contribution is 7.91. The van der Waals surface area contributed by atoms with Crippen molar-refractivity contribution in [2.24, 2.45) is 0 Å². The summed E-state index contributed by atoms with van der Waals surface area (Å²) in [5.41, 5.74) is -2.18. The number of nitrogens with zero attached hydrogens (tertiary/aromatic N) is 1. The summed E-state index contributed by atoms with van der Waals surface area (Å²) in [4.78, 5) is 15.0. The van der Waals surface area contributed by atoms with Crippen LogP contribution in [0.2, 0.25) is 0 Å². The van der Waals surface area contributed by atoms with E-state index in [1.54, 1.807) is 18.2 Å². The van der Waals surface area contributed by atoms with Crippen LogP contribution in [0.25, 0.3) is 0 Å². The van der Waals surface area contributed by atoms with Gasteiger partial charge in [-0.2, -0.15) is 22.0 Å². The van der Waals surface area contributed by atoms with Crippen LogP contribution >= 0.6 is 0 Å². The van der Waals surface area contributed by atoms with Crippen LogP contribution in [0.1, 0.15) is 34.8 Å². The molecule has 0 bridgehead atoms. The lowest BCUT2D eigenvalue weighted by atomic mass is 9.96. The highest BCUT2D eigenvalue weighted by atomic mass is 32.2. The Hall–Kier alpha value is -3.59. The van der Waals surface area contributed by atoms with Crippen molar-refractivity contribution in [2.45, 2.75) is 48.8 Å². The molecule has 0 radical (unpaired) electrons. The Labute approximate surface area is 251 Å². The molecule has 1 saturated heterocycles. The Kier molecular flexibility index (Phi) is 10.3. The van der Waals surface area contributed by atoms with Crippen molar-refractivity contribution in [3.8, 4) is 5.75 Å². The first kappa shape index (κ1) is 33.3. The number of hydrogen-bond acceptors (Lipinski definition) is 7. The Morgan fingerprint density at radius 3 is 2.16 bits per heavy atom. The monoisotopic (exact) mass is 642 g/mol. The highest BCUT2D eigenvalue weighted by Crippen LogP contribution is 2.37. The molecule has 1 amide bonds. The van der Waals surface area contributed by atoms with Crippen LogP contribution in [-0.4, -0.2) is 68.6 Å². The molecule has 3 aromatic carbocycles. The van der Waals surface area contributed by atoms with Gasteiger partial charge in [0.2, 0.25) is 0 Å². The molecule has 1 heterocycles. The maximum Gasteiger partial charge on any atom is 0.416 e. The standard InChI is InChI=1S/C30H31F5N2O6S/c1-2-44(40,41)26-14-10-21(11-15-26)29(19-38,36-27(39)20-6-4-3-5-7-20)37-17-25(16-23(37)18-42-28(31)32)43-24-12-8-22(9-13-24)30(33,34)35/h3-15,23,25,28,38H,2,16-19H2,1H3,(H,36,39)/t23-,25-,29+/m0/s1. The number of rotatable bonds is 12. The van der Waals surface area contributed by atoms with Crippen LogP contribution in [-0.2, 0) is 26.4 Å². The van der Waals surface area contributed by atoms with Crippen LogP contribution in [0.4, 0.5) is 22.0 Å². The van der Waals surface area contributed by atoms with E-state index in [0.717, 1.165) is 24.3 Å². The average molecular weight is 643 g/mol. The second-order valence-corrected chi connectivity index (χ2v) is 12.4. The summed E-state index contributed by atoms with van der Waals surface area (Å²) >= 11 is 0. The van der Waals surface area contributed by atoms with E-state index in [4.69, 9.17) is 4.74 Å². The van der Waals surface area contributed by atoms with Gasteiger partial charge in [0.25, 0.3) is 5.91 Å². The van der Waals surface area contributed by atoms with Crippen molar-refractivity contribution in [2.75, 3.05) is 25.5 Å². The first-order chi connectivity index (χ1) is 20.8. The largest absolute Gasteiger partial charge is 0.489 e. The smallest absolute Gasteiger partial charge is 0.416 e. The minimum Gasteiger partial charge on any atom is -0.489 e. The Morgan fingerprint density at radius 1 is 1.00 bits per heavy atom. The molecule has 4 rings (SSSR count). The summed E-state index contributed by atoms with van der Waals surface area (Å²) in [6, 6.07) is 16.6. The third kappa shape index (κ3) is 7.54. The summed E-state index contributed by atoms with van der Waals surface area (Å²) in [6.45, 7) is -3.05. The van der Waals surface area contributed by atoms with Gasteiger partial charge >= 0.3 is 12.8 Å². The van der Waals surface area contributed by atoms with Gasteiger partial charge < -0.3 is 19.9 Å². The molecule has 1 aliphatic rings. The van der Waals surface area contributed by atoms with Crippen molar-refractivity contribution >= 4 is 15.7 Å². The minimum atomic E-state index is -4.55. The van der Waals surface area contributed by atoms with E-state index in [0.29, 0.717) is 0 Å². The first-order valence-electron chi connectivity index (χ1n) is 13.6. The summed E-state index contributed by atoms with van der Waals surface area (Å²) in [6.07, 6.45) is -5.29. The van der Waals surface area contributed by atoms with Crippen molar-refractivity contribution in [3.05, 3.63) is 95.6 Å². The van der Waals surface area contributed by atoms with E-state index in [-0.39, 0.29) is 40.5 Å². The molecule has 0 saturated carbocycles. The average Bonchev–Trinajstić information content (AvgIpc) is 3.41. The van der Waals surface area contributed by atoms with Gasteiger partial charge in [-0.05, 0) is 54.1 Å². The first-order valence-corrected chi connectivity index (χ1v) is 15.3. The third-order valence-corrected chi connectivity index (χ3v) is 9.17. The molecule has 44 heavy (non-hydrogen) atoms. The van der Waals surface area contributed by atoms with Gasteiger partial charge in [0, 0.05) is 24.6 Å². The number of halogens is 5. The summed E-state index contributed by atoms with van der Waals surface area (Å²) < 4.78 is 101. The van der Waals surface area contributed by atoms with Gasteiger partial charge in [0.1, 0.15) is 17.5 Å². The fourth-order valence-corrected chi connectivity index (χ4v) is 6.05. The number of benzene rings is 3. The van der Waals surface area contributed by atoms with Gasteiger partial charge in [-0.25, -0.2) is 8.42 Å². The van der Waals surface area contributed by atoms with Gasteiger partial charge in [-0.15, -0.1) is 0 Å².